The molecule has 0 aliphatic rings. The van der Waals surface area contributed by atoms with E-state index in [4.69, 9.17) is 23.2 Å². The van der Waals surface area contributed by atoms with E-state index in [2.05, 4.69) is 31.2 Å². The van der Waals surface area contributed by atoms with Crippen molar-refractivity contribution < 1.29 is 0 Å². The van der Waals surface area contributed by atoms with Gasteiger partial charge < -0.3 is 5.32 Å². The van der Waals surface area contributed by atoms with Crippen molar-refractivity contribution in [3.05, 3.63) is 57.2 Å². The van der Waals surface area contributed by atoms with Crippen LogP contribution in [0.4, 0.5) is 11.4 Å². The predicted octanol–water partition coefficient (Wildman–Crippen LogP) is 5.44. The van der Waals surface area contributed by atoms with Gasteiger partial charge in [-0.2, -0.15) is 0 Å². The average molecular weight is 369 g/mol. The second-order valence-corrected chi connectivity index (χ2v) is 5.81. The van der Waals surface area contributed by atoms with E-state index in [0.29, 0.717) is 10.0 Å². The standard InChI is InChI=1S/C14H8BrCl2N3/c15-8-6-12-14(19-7-8)11(4-5-18-12)20-10-3-1-2-9(16)13(10)17/h1-7H,(H,18,20). The van der Waals surface area contributed by atoms with Crippen LogP contribution in [0.15, 0.2) is 47.2 Å². The van der Waals surface area contributed by atoms with Gasteiger partial charge in [0, 0.05) is 16.9 Å². The minimum Gasteiger partial charge on any atom is -0.352 e. The van der Waals surface area contributed by atoms with Gasteiger partial charge in [0.1, 0.15) is 5.52 Å². The van der Waals surface area contributed by atoms with Gasteiger partial charge in [-0.25, -0.2) is 0 Å². The number of hydrogen-bond donors (Lipinski definition) is 1. The van der Waals surface area contributed by atoms with Gasteiger partial charge in [0.15, 0.2) is 0 Å². The molecule has 0 bridgehead atoms. The van der Waals surface area contributed by atoms with Crippen LogP contribution in [0.2, 0.25) is 10.0 Å². The molecule has 3 nitrogen and oxygen atoms in total. The van der Waals surface area contributed by atoms with Crippen LogP contribution in [0.3, 0.4) is 0 Å². The molecule has 1 aromatic carbocycles. The first-order valence-electron chi connectivity index (χ1n) is 5.76. The van der Waals surface area contributed by atoms with Gasteiger partial charge in [-0.1, -0.05) is 29.3 Å². The molecule has 0 atom stereocenters. The summed E-state index contributed by atoms with van der Waals surface area (Å²) in [5.74, 6) is 0. The van der Waals surface area contributed by atoms with Crippen molar-refractivity contribution in [1.82, 2.24) is 9.97 Å². The summed E-state index contributed by atoms with van der Waals surface area (Å²) in [5, 5.41) is 4.23. The predicted molar refractivity (Wildman–Crippen MR) is 87.0 cm³/mol. The fourth-order valence-electron chi connectivity index (χ4n) is 1.85. The Balaban J connectivity index is 2.09. The number of benzene rings is 1. The van der Waals surface area contributed by atoms with E-state index in [0.717, 1.165) is 26.9 Å². The lowest BCUT2D eigenvalue weighted by Gasteiger charge is -2.11. The molecule has 0 saturated heterocycles. The van der Waals surface area contributed by atoms with Crippen LogP contribution in [0.25, 0.3) is 11.0 Å². The second kappa shape index (κ2) is 5.56. The zero-order chi connectivity index (χ0) is 14.1. The summed E-state index contributed by atoms with van der Waals surface area (Å²) in [5.41, 5.74) is 3.12. The Morgan fingerprint density at radius 1 is 1.05 bits per heavy atom. The molecule has 3 aromatic rings. The first kappa shape index (κ1) is 13.6. The minimum atomic E-state index is 0.483. The largest absolute Gasteiger partial charge is 0.352 e. The Morgan fingerprint density at radius 2 is 1.90 bits per heavy atom. The summed E-state index contributed by atoms with van der Waals surface area (Å²) in [6, 6.07) is 9.20. The van der Waals surface area contributed by atoms with Crippen LogP contribution in [-0.4, -0.2) is 9.97 Å². The minimum absolute atomic E-state index is 0.483. The van der Waals surface area contributed by atoms with Gasteiger partial charge in [0.05, 0.1) is 26.9 Å². The normalized spacial score (nSPS) is 10.8. The summed E-state index contributed by atoms with van der Waals surface area (Å²) >= 11 is 15.6. The molecule has 1 N–H and O–H groups in total. The Labute approximate surface area is 134 Å². The van der Waals surface area contributed by atoms with Crippen molar-refractivity contribution in [2.45, 2.75) is 0 Å². The molecule has 2 aromatic heterocycles. The molecule has 0 aliphatic carbocycles. The van der Waals surface area contributed by atoms with Gasteiger partial charge >= 0.3 is 0 Å². The van der Waals surface area contributed by atoms with Crippen LogP contribution < -0.4 is 5.32 Å². The number of anilines is 2. The number of nitrogens with one attached hydrogen (secondary N) is 1. The van der Waals surface area contributed by atoms with Gasteiger partial charge in [0.25, 0.3) is 0 Å². The van der Waals surface area contributed by atoms with Crippen molar-refractivity contribution in [2.24, 2.45) is 0 Å². The first-order valence-corrected chi connectivity index (χ1v) is 7.31. The van der Waals surface area contributed by atoms with E-state index in [1.165, 1.54) is 0 Å². The fraction of sp³-hybridized carbons (Fsp3) is 0. The Morgan fingerprint density at radius 3 is 2.75 bits per heavy atom. The molecule has 2 heterocycles. The number of aromatic nitrogens is 2. The quantitative estimate of drug-likeness (QED) is 0.654. The number of fused-ring (bicyclic) bond motifs is 1. The molecule has 0 radical (unpaired) electrons. The summed E-state index contributed by atoms with van der Waals surface area (Å²) in [6.45, 7) is 0. The number of rotatable bonds is 2. The first-order chi connectivity index (χ1) is 9.65. The van der Waals surface area contributed by atoms with Crippen molar-refractivity contribution in [3.63, 3.8) is 0 Å². The molecule has 0 amide bonds. The maximum Gasteiger partial charge on any atom is 0.112 e. The van der Waals surface area contributed by atoms with Crippen LogP contribution >= 0.6 is 39.1 Å². The molecule has 3 rings (SSSR count). The third kappa shape index (κ3) is 2.59. The smallest absolute Gasteiger partial charge is 0.112 e. The fourth-order valence-corrected chi connectivity index (χ4v) is 2.52. The zero-order valence-electron chi connectivity index (χ0n) is 10.1. The maximum absolute atomic E-state index is 6.18. The Kier molecular flexibility index (Phi) is 3.78. The average Bonchev–Trinajstić information content (AvgIpc) is 2.44. The highest BCUT2D eigenvalue weighted by Crippen LogP contribution is 2.33. The number of halogens is 3. The number of hydrogen-bond acceptors (Lipinski definition) is 3. The summed E-state index contributed by atoms with van der Waals surface area (Å²) in [6.07, 6.45) is 3.45. The van der Waals surface area contributed by atoms with E-state index in [1.807, 2.05) is 24.3 Å². The third-order valence-electron chi connectivity index (χ3n) is 2.77. The summed E-state index contributed by atoms with van der Waals surface area (Å²) < 4.78 is 0.885. The molecular formula is C14H8BrCl2N3. The third-order valence-corrected chi connectivity index (χ3v) is 4.02. The van der Waals surface area contributed by atoms with Gasteiger partial charge in [-0.3, -0.25) is 9.97 Å². The molecule has 0 spiro atoms. The topological polar surface area (TPSA) is 37.8 Å². The molecule has 0 aliphatic heterocycles. The van der Waals surface area contributed by atoms with Gasteiger partial charge in [-0.15, -0.1) is 0 Å². The Hall–Kier alpha value is -1.36. The molecule has 0 fully saturated rings. The maximum atomic E-state index is 6.18. The van der Waals surface area contributed by atoms with Crippen molar-refractivity contribution in [1.29, 1.82) is 0 Å². The van der Waals surface area contributed by atoms with Crippen LogP contribution in [0.5, 0.6) is 0 Å². The monoisotopic (exact) mass is 367 g/mol. The van der Waals surface area contributed by atoms with Crippen molar-refractivity contribution in [3.8, 4) is 0 Å². The van der Waals surface area contributed by atoms with E-state index in [1.54, 1.807) is 18.5 Å². The van der Waals surface area contributed by atoms with Crippen molar-refractivity contribution in [2.75, 3.05) is 5.32 Å². The summed E-state index contributed by atoms with van der Waals surface area (Å²) in [4.78, 5) is 8.67. The van der Waals surface area contributed by atoms with Crippen LogP contribution in [0, 0.1) is 0 Å². The number of nitrogens with zero attached hydrogens (tertiary/aromatic N) is 2. The van der Waals surface area contributed by atoms with Crippen molar-refractivity contribution >= 4 is 61.5 Å². The molecule has 0 saturated carbocycles. The molecular weight excluding hydrogens is 361 g/mol. The second-order valence-electron chi connectivity index (χ2n) is 4.11. The van der Waals surface area contributed by atoms with Crippen LogP contribution in [-0.2, 0) is 0 Å². The lowest BCUT2D eigenvalue weighted by molar-refractivity contribution is 1.32. The summed E-state index contributed by atoms with van der Waals surface area (Å²) in [7, 11) is 0. The lowest BCUT2D eigenvalue weighted by atomic mass is 10.2. The highest BCUT2D eigenvalue weighted by Gasteiger charge is 2.08. The van der Waals surface area contributed by atoms with E-state index < -0.39 is 0 Å². The number of pyridine rings is 2. The van der Waals surface area contributed by atoms with Gasteiger partial charge in [0.2, 0.25) is 0 Å². The van der Waals surface area contributed by atoms with Gasteiger partial charge in [-0.05, 0) is 40.2 Å². The SMILES string of the molecule is Clc1cccc(Nc2ccnc3cc(Br)cnc23)c1Cl. The molecule has 0 unspecified atom stereocenters. The molecule has 20 heavy (non-hydrogen) atoms. The Bertz CT molecular complexity index is 792. The highest BCUT2D eigenvalue weighted by molar-refractivity contribution is 9.10. The van der Waals surface area contributed by atoms with Crippen LogP contribution in [0.1, 0.15) is 0 Å². The van der Waals surface area contributed by atoms with E-state index in [9.17, 15) is 0 Å². The lowest BCUT2D eigenvalue weighted by Crippen LogP contribution is -1.95. The zero-order valence-corrected chi connectivity index (χ0v) is 13.2. The molecule has 100 valence electrons. The highest BCUT2D eigenvalue weighted by atomic mass is 79.9. The molecule has 6 heteroatoms. The van der Waals surface area contributed by atoms with E-state index >= 15 is 0 Å². The van der Waals surface area contributed by atoms with E-state index in [-0.39, 0.29) is 0 Å².